The Morgan fingerprint density at radius 2 is 1.91 bits per heavy atom. The van der Waals surface area contributed by atoms with Gasteiger partial charge in [-0.05, 0) is 69.2 Å². The minimum Gasteiger partial charge on any atom is -0.490 e. The number of ether oxygens (including phenoxy) is 2. The van der Waals surface area contributed by atoms with Gasteiger partial charge >= 0.3 is 0 Å². The molecule has 170 valence electrons. The molecule has 3 rings (SSSR count). The molecule has 3 aromatic rings. The van der Waals surface area contributed by atoms with Crippen molar-refractivity contribution in [2.45, 2.75) is 46.0 Å². The minimum atomic E-state index is -0.120. The number of rotatable bonds is 10. The second kappa shape index (κ2) is 11.2. The van der Waals surface area contributed by atoms with Gasteiger partial charge in [-0.1, -0.05) is 29.4 Å². The molecule has 0 fully saturated rings. The lowest BCUT2D eigenvalue weighted by atomic mass is 10.2. The number of halogens is 1. The molecule has 1 N–H and O–H groups in total. The van der Waals surface area contributed by atoms with Crippen molar-refractivity contribution >= 4 is 35.0 Å². The summed E-state index contributed by atoms with van der Waals surface area (Å²) in [7, 11) is 0. The molecule has 0 saturated carbocycles. The van der Waals surface area contributed by atoms with Crippen LogP contribution in [0.2, 0.25) is 5.02 Å². The zero-order chi connectivity index (χ0) is 23.1. The smallest absolute Gasteiger partial charge is 0.234 e. The number of hydrogen-bond donors (Lipinski definition) is 1. The first-order chi connectivity index (χ1) is 15.4. The summed E-state index contributed by atoms with van der Waals surface area (Å²) in [4.78, 5) is 12.4. The van der Waals surface area contributed by atoms with Crippen LogP contribution in [0.25, 0.3) is 0 Å². The molecule has 0 atom stereocenters. The lowest BCUT2D eigenvalue weighted by molar-refractivity contribution is -0.113. The molecule has 2 aromatic carbocycles. The molecule has 32 heavy (non-hydrogen) atoms. The number of carbonyl (C=O) groups excluding carboxylic acids is 1. The standard InChI is InChI=1S/C23H27ClN4O3S/c1-5-28-21(13-31-19-10-7-15(3)11-20(19)30-6-2)26-27-23(28)32-14-22(29)25-18-9-8-17(24)12-16(18)4/h7-12H,5-6,13-14H2,1-4H3,(H,25,29). The van der Waals surface area contributed by atoms with E-state index in [2.05, 4.69) is 15.5 Å². The topological polar surface area (TPSA) is 78.3 Å². The normalized spacial score (nSPS) is 10.8. The van der Waals surface area contributed by atoms with Crippen molar-refractivity contribution in [1.29, 1.82) is 0 Å². The number of thioether (sulfide) groups is 1. The molecule has 0 aliphatic carbocycles. The van der Waals surface area contributed by atoms with E-state index in [-0.39, 0.29) is 18.3 Å². The third-order valence-corrected chi connectivity index (χ3v) is 5.86. The van der Waals surface area contributed by atoms with Crippen LogP contribution in [0.15, 0.2) is 41.6 Å². The lowest BCUT2D eigenvalue weighted by Gasteiger charge is -2.13. The Hall–Kier alpha value is -2.71. The number of hydrogen-bond acceptors (Lipinski definition) is 6. The van der Waals surface area contributed by atoms with Crippen molar-refractivity contribution in [3.8, 4) is 11.5 Å². The molecule has 0 spiro atoms. The zero-order valence-electron chi connectivity index (χ0n) is 18.6. The van der Waals surface area contributed by atoms with Crippen LogP contribution in [0.4, 0.5) is 5.69 Å². The fourth-order valence-corrected chi connectivity index (χ4v) is 4.13. The van der Waals surface area contributed by atoms with Gasteiger partial charge < -0.3 is 19.4 Å². The van der Waals surface area contributed by atoms with E-state index in [0.717, 1.165) is 16.8 Å². The van der Waals surface area contributed by atoms with Crippen LogP contribution < -0.4 is 14.8 Å². The highest BCUT2D eigenvalue weighted by Crippen LogP contribution is 2.29. The lowest BCUT2D eigenvalue weighted by Crippen LogP contribution is -2.15. The Bertz CT molecular complexity index is 1090. The summed E-state index contributed by atoms with van der Waals surface area (Å²) in [5.74, 6) is 2.15. The van der Waals surface area contributed by atoms with Crippen molar-refractivity contribution in [3.63, 3.8) is 0 Å². The summed E-state index contributed by atoms with van der Waals surface area (Å²) in [5.41, 5.74) is 2.76. The van der Waals surface area contributed by atoms with Crippen LogP contribution >= 0.6 is 23.4 Å². The van der Waals surface area contributed by atoms with Gasteiger partial charge in [-0.25, -0.2) is 0 Å². The summed E-state index contributed by atoms with van der Waals surface area (Å²) in [6.07, 6.45) is 0. The summed E-state index contributed by atoms with van der Waals surface area (Å²) < 4.78 is 13.6. The SMILES string of the molecule is CCOc1cc(C)ccc1OCc1nnc(SCC(=O)Nc2ccc(Cl)cc2C)n1CC. The molecule has 9 heteroatoms. The van der Waals surface area contributed by atoms with Gasteiger partial charge in [0.25, 0.3) is 0 Å². The van der Waals surface area contributed by atoms with Gasteiger partial charge in [0.15, 0.2) is 22.5 Å². The molecule has 0 aliphatic rings. The highest BCUT2D eigenvalue weighted by Gasteiger charge is 2.15. The third kappa shape index (κ3) is 6.17. The second-order valence-electron chi connectivity index (χ2n) is 7.11. The summed E-state index contributed by atoms with van der Waals surface area (Å²) in [6, 6.07) is 11.2. The van der Waals surface area contributed by atoms with Gasteiger partial charge in [0.1, 0.15) is 6.61 Å². The Kier molecular flexibility index (Phi) is 8.41. The van der Waals surface area contributed by atoms with Crippen LogP contribution in [0, 0.1) is 13.8 Å². The summed E-state index contributed by atoms with van der Waals surface area (Å²) >= 11 is 7.31. The number of nitrogens with zero attached hydrogens (tertiary/aromatic N) is 3. The number of amides is 1. The summed E-state index contributed by atoms with van der Waals surface area (Å²) in [6.45, 7) is 9.33. The number of nitrogens with one attached hydrogen (secondary N) is 1. The average molecular weight is 475 g/mol. The predicted octanol–water partition coefficient (Wildman–Crippen LogP) is 5.28. The van der Waals surface area contributed by atoms with Gasteiger partial charge in [0.2, 0.25) is 5.91 Å². The Balaban J connectivity index is 1.62. The quantitative estimate of drug-likeness (QED) is 0.403. The largest absolute Gasteiger partial charge is 0.490 e. The number of aromatic nitrogens is 3. The van der Waals surface area contributed by atoms with Crippen molar-refractivity contribution in [2.75, 3.05) is 17.7 Å². The predicted molar refractivity (Wildman–Crippen MR) is 128 cm³/mol. The molecular formula is C23H27ClN4O3S. The monoisotopic (exact) mass is 474 g/mol. The average Bonchev–Trinajstić information content (AvgIpc) is 3.16. The van der Waals surface area contributed by atoms with Crippen LogP contribution in [0.1, 0.15) is 30.8 Å². The number of carbonyl (C=O) groups is 1. The van der Waals surface area contributed by atoms with Crippen molar-refractivity contribution in [1.82, 2.24) is 14.8 Å². The van der Waals surface area contributed by atoms with E-state index in [9.17, 15) is 4.79 Å². The Labute approximate surface area is 197 Å². The third-order valence-electron chi connectivity index (χ3n) is 4.66. The zero-order valence-corrected chi connectivity index (χ0v) is 20.2. The molecule has 1 aromatic heterocycles. The maximum Gasteiger partial charge on any atom is 0.234 e. The van der Waals surface area contributed by atoms with Crippen LogP contribution in [-0.2, 0) is 17.9 Å². The number of aryl methyl sites for hydroxylation is 2. The van der Waals surface area contributed by atoms with Crippen molar-refractivity contribution in [2.24, 2.45) is 0 Å². The maximum atomic E-state index is 12.4. The Morgan fingerprint density at radius 1 is 1.09 bits per heavy atom. The van der Waals surface area contributed by atoms with E-state index >= 15 is 0 Å². The second-order valence-corrected chi connectivity index (χ2v) is 8.49. The maximum absolute atomic E-state index is 12.4. The van der Waals surface area contributed by atoms with E-state index in [1.165, 1.54) is 11.8 Å². The van der Waals surface area contributed by atoms with Crippen LogP contribution in [0.5, 0.6) is 11.5 Å². The molecule has 0 saturated heterocycles. The van der Waals surface area contributed by atoms with Gasteiger partial charge in [-0.2, -0.15) is 0 Å². The molecule has 0 unspecified atom stereocenters. The molecule has 0 radical (unpaired) electrons. The van der Waals surface area contributed by atoms with E-state index in [4.69, 9.17) is 21.1 Å². The summed E-state index contributed by atoms with van der Waals surface area (Å²) in [5, 5.41) is 12.7. The molecule has 1 amide bonds. The van der Waals surface area contributed by atoms with Gasteiger partial charge in [0.05, 0.1) is 12.4 Å². The molecule has 7 nitrogen and oxygen atoms in total. The van der Waals surface area contributed by atoms with E-state index in [1.54, 1.807) is 12.1 Å². The first kappa shape index (κ1) is 23.9. The first-order valence-corrected chi connectivity index (χ1v) is 11.7. The minimum absolute atomic E-state index is 0.120. The van der Waals surface area contributed by atoms with E-state index in [1.807, 2.05) is 56.5 Å². The van der Waals surface area contributed by atoms with Crippen LogP contribution in [-0.4, -0.2) is 33.0 Å². The van der Waals surface area contributed by atoms with Gasteiger partial charge in [-0.15, -0.1) is 10.2 Å². The fourth-order valence-electron chi connectivity index (χ4n) is 3.08. The molecular weight excluding hydrogens is 448 g/mol. The van der Waals surface area contributed by atoms with E-state index < -0.39 is 0 Å². The van der Waals surface area contributed by atoms with Crippen molar-refractivity contribution < 1.29 is 14.3 Å². The van der Waals surface area contributed by atoms with Crippen LogP contribution in [0.3, 0.4) is 0 Å². The molecule has 0 aliphatic heterocycles. The first-order valence-electron chi connectivity index (χ1n) is 10.4. The highest BCUT2D eigenvalue weighted by molar-refractivity contribution is 7.99. The van der Waals surface area contributed by atoms with Crippen molar-refractivity contribution in [3.05, 3.63) is 58.4 Å². The highest BCUT2D eigenvalue weighted by atomic mass is 35.5. The van der Waals surface area contributed by atoms with Gasteiger partial charge in [0, 0.05) is 17.3 Å². The van der Waals surface area contributed by atoms with E-state index in [0.29, 0.717) is 40.7 Å². The number of benzene rings is 2. The molecule has 0 bridgehead atoms. The fraction of sp³-hybridized carbons (Fsp3) is 0.348. The van der Waals surface area contributed by atoms with Gasteiger partial charge in [-0.3, -0.25) is 4.79 Å². The Morgan fingerprint density at radius 3 is 2.62 bits per heavy atom. The number of anilines is 1. The molecule has 1 heterocycles.